The fourth-order valence-electron chi connectivity index (χ4n) is 3.21. The van der Waals surface area contributed by atoms with Gasteiger partial charge in [0, 0.05) is 18.0 Å². The molecule has 0 heterocycles. The quantitative estimate of drug-likeness (QED) is 0.468. The van der Waals surface area contributed by atoms with Gasteiger partial charge in [-0.3, -0.25) is 4.79 Å². The summed E-state index contributed by atoms with van der Waals surface area (Å²) in [4.78, 5) is 10.8. The summed E-state index contributed by atoms with van der Waals surface area (Å²) >= 11 is 5.91. The van der Waals surface area contributed by atoms with Crippen molar-refractivity contribution in [3.8, 4) is 0 Å². The van der Waals surface area contributed by atoms with Gasteiger partial charge in [-0.05, 0) is 68.2 Å². The van der Waals surface area contributed by atoms with Crippen molar-refractivity contribution in [2.24, 2.45) is 11.8 Å². The highest BCUT2D eigenvalue weighted by molar-refractivity contribution is 7.89. The zero-order valence-electron chi connectivity index (χ0n) is 15.4. The number of hydrogen-bond acceptors (Lipinski definition) is 3. The van der Waals surface area contributed by atoms with Crippen LogP contribution in [0.5, 0.6) is 0 Å². The van der Waals surface area contributed by atoms with Crippen molar-refractivity contribution in [2.75, 3.05) is 6.54 Å². The molecule has 0 aliphatic heterocycles. The Balaban J connectivity index is 1.96. The standard InChI is InChI=1S/C20H26ClNO4S/c1-15-13-18(21)11-12-19(15)27(25,26)22-14-17-9-6-5-8-16(17)7-3-2-4-10-20(23)24/h3,5-7,11-13,16-17,22H,2,4,8-10,14H2,1H3,(H,23,24)/b7-3-. The molecule has 1 aliphatic rings. The number of carboxylic acids is 1. The highest BCUT2D eigenvalue weighted by Crippen LogP contribution is 2.27. The van der Waals surface area contributed by atoms with Crippen LogP contribution in [0.2, 0.25) is 5.02 Å². The molecular formula is C20H26ClNO4S. The van der Waals surface area contributed by atoms with E-state index in [0.717, 1.165) is 19.3 Å². The second-order valence-corrected chi connectivity index (χ2v) is 9.01. The lowest BCUT2D eigenvalue weighted by Crippen LogP contribution is -2.33. The summed E-state index contributed by atoms with van der Waals surface area (Å²) < 4.78 is 28.0. The van der Waals surface area contributed by atoms with Crippen molar-refractivity contribution in [2.45, 2.75) is 43.9 Å². The number of nitrogens with one attached hydrogen (secondary N) is 1. The van der Waals surface area contributed by atoms with E-state index >= 15 is 0 Å². The highest BCUT2D eigenvalue weighted by atomic mass is 35.5. The van der Waals surface area contributed by atoms with Gasteiger partial charge in [-0.25, -0.2) is 13.1 Å². The topological polar surface area (TPSA) is 83.5 Å². The Morgan fingerprint density at radius 2 is 2.07 bits per heavy atom. The molecule has 0 saturated carbocycles. The van der Waals surface area contributed by atoms with Crippen molar-refractivity contribution in [3.63, 3.8) is 0 Å². The first-order valence-electron chi connectivity index (χ1n) is 9.09. The number of carbonyl (C=O) groups is 1. The van der Waals surface area contributed by atoms with E-state index in [2.05, 4.69) is 23.0 Å². The zero-order valence-corrected chi connectivity index (χ0v) is 17.0. The lowest BCUT2D eigenvalue weighted by Gasteiger charge is -2.26. The minimum atomic E-state index is -3.59. The second kappa shape index (κ2) is 10.1. The van der Waals surface area contributed by atoms with Gasteiger partial charge in [-0.2, -0.15) is 0 Å². The van der Waals surface area contributed by atoms with Crippen LogP contribution in [0.4, 0.5) is 0 Å². The van der Waals surface area contributed by atoms with Gasteiger partial charge in [0.1, 0.15) is 0 Å². The fraction of sp³-hybridized carbons (Fsp3) is 0.450. The molecule has 2 rings (SSSR count). The van der Waals surface area contributed by atoms with E-state index in [1.54, 1.807) is 19.1 Å². The van der Waals surface area contributed by atoms with Crippen LogP contribution in [0.3, 0.4) is 0 Å². The van der Waals surface area contributed by atoms with Gasteiger partial charge in [-0.1, -0.05) is 35.9 Å². The zero-order chi connectivity index (χ0) is 19.9. The molecule has 2 unspecified atom stereocenters. The monoisotopic (exact) mass is 411 g/mol. The first kappa shape index (κ1) is 21.7. The van der Waals surface area contributed by atoms with E-state index in [-0.39, 0.29) is 23.2 Å². The number of unbranched alkanes of at least 4 members (excludes halogenated alkanes) is 1. The van der Waals surface area contributed by atoms with E-state index < -0.39 is 16.0 Å². The van der Waals surface area contributed by atoms with Gasteiger partial charge in [0.2, 0.25) is 10.0 Å². The molecule has 148 valence electrons. The second-order valence-electron chi connectivity index (χ2n) is 6.84. The summed E-state index contributed by atoms with van der Waals surface area (Å²) in [7, 11) is -3.59. The van der Waals surface area contributed by atoms with Crippen LogP contribution in [0.25, 0.3) is 0 Å². The lowest BCUT2D eigenvalue weighted by atomic mass is 9.83. The van der Waals surface area contributed by atoms with Crippen LogP contribution in [0, 0.1) is 18.8 Å². The Bertz CT molecular complexity index is 817. The predicted octanol–water partition coefficient (Wildman–Crippen LogP) is 4.32. The van der Waals surface area contributed by atoms with Crippen molar-refractivity contribution < 1.29 is 18.3 Å². The fourth-order valence-corrected chi connectivity index (χ4v) is 4.76. The third kappa shape index (κ3) is 6.79. The maximum absolute atomic E-state index is 12.6. The van der Waals surface area contributed by atoms with Crippen molar-refractivity contribution in [1.29, 1.82) is 0 Å². The molecule has 5 nitrogen and oxygen atoms in total. The van der Waals surface area contributed by atoms with Gasteiger partial charge in [0.05, 0.1) is 4.90 Å². The minimum absolute atomic E-state index is 0.165. The molecule has 1 aliphatic carbocycles. The smallest absolute Gasteiger partial charge is 0.303 e. The molecule has 2 atom stereocenters. The van der Waals surface area contributed by atoms with Crippen LogP contribution in [-0.2, 0) is 14.8 Å². The summed E-state index contributed by atoms with van der Waals surface area (Å²) in [6, 6.07) is 4.75. The summed E-state index contributed by atoms with van der Waals surface area (Å²) in [5, 5.41) is 9.18. The summed E-state index contributed by atoms with van der Waals surface area (Å²) in [6.45, 7) is 2.09. The molecule has 0 saturated heterocycles. The maximum Gasteiger partial charge on any atom is 0.303 e. The molecule has 27 heavy (non-hydrogen) atoms. The molecule has 7 heteroatoms. The van der Waals surface area contributed by atoms with E-state index in [0.29, 0.717) is 23.6 Å². The van der Waals surface area contributed by atoms with E-state index in [9.17, 15) is 13.2 Å². The molecule has 2 N–H and O–H groups in total. The summed E-state index contributed by atoms with van der Waals surface area (Å²) in [5.74, 6) is -0.365. The minimum Gasteiger partial charge on any atom is -0.481 e. The number of sulfonamides is 1. The number of aryl methyl sites for hydroxylation is 1. The van der Waals surface area contributed by atoms with Gasteiger partial charge >= 0.3 is 5.97 Å². The van der Waals surface area contributed by atoms with Crippen LogP contribution < -0.4 is 4.72 Å². The van der Waals surface area contributed by atoms with Gasteiger partial charge < -0.3 is 5.11 Å². The molecule has 0 fully saturated rings. The van der Waals surface area contributed by atoms with Gasteiger partial charge in [0.15, 0.2) is 0 Å². The Labute approximate surface area is 166 Å². The van der Waals surface area contributed by atoms with Crippen LogP contribution in [0.1, 0.15) is 37.7 Å². The highest BCUT2D eigenvalue weighted by Gasteiger charge is 2.24. The molecule has 0 spiro atoms. The predicted molar refractivity (Wildman–Crippen MR) is 107 cm³/mol. The Kier molecular flexibility index (Phi) is 8.07. The average Bonchev–Trinajstić information content (AvgIpc) is 2.60. The summed E-state index contributed by atoms with van der Waals surface area (Å²) in [6.07, 6.45) is 11.5. The normalized spacial score (nSPS) is 20.2. The van der Waals surface area contributed by atoms with Crippen LogP contribution in [0.15, 0.2) is 47.4 Å². The Hall–Kier alpha value is -1.63. The Morgan fingerprint density at radius 1 is 1.33 bits per heavy atom. The number of aliphatic carboxylic acids is 1. The van der Waals surface area contributed by atoms with Gasteiger partial charge in [-0.15, -0.1) is 0 Å². The molecule has 1 aromatic rings. The maximum atomic E-state index is 12.6. The van der Waals surface area contributed by atoms with E-state index in [4.69, 9.17) is 16.7 Å². The lowest BCUT2D eigenvalue weighted by molar-refractivity contribution is -0.137. The third-order valence-electron chi connectivity index (χ3n) is 4.73. The Morgan fingerprint density at radius 3 is 2.78 bits per heavy atom. The van der Waals surface area contributed by atoms with Crippen molar-refractivity contribution in [1.82, 2.24) is 4.72 Å². The van der Waals surface area contributed by atoms with E-state index in [1.165, 1.54) is 6.07 Å². The van der Waals surface area contributed by atoms with Crippen molar-refractivity contribution in [3.05, 3.63) is 53.1 Å². The molecule has 1 aromatic carbocycles. The van der Waals surface area contributed by atoms with Gasteiger partial charge in [0.25, 0.3) is 0 Å². The third-order valence-corrected chi connectivity index (χ3v) is 6.54. The van der Waals surface area contributed by atoms with Crippen LogP contribution >= 0.6 is 11.6 Å². The molecular weight excluding hydrogens is 386 g/mol. The van der Waals surface area contributed by atoms with E-state index in [1.807, 2.05) is 6.08 Å². The molecule has 0 amide bonds. The first-order valence-corrected chi connectivity index (χ1v) is 10.9. The number of halogens is 1. The molecule has 0 bridgehead atoms. The molecule has 0 aromatic heterocycles. The summed E-state index contributed by atoms with van der Waals surface area (Å²) in [5.41, 5.74) is 0.619. The van der Waals surface area contributed by atoms with Crippen molar-refractivity contribution >= 4 is 27.6 Å². The SMILES string of the molecule is Cc1cc(Cl)ccc1S(=O)(=O)NCC1CC=CCC1/C=C\CCCC(=O)O. The first-order chi connectivity index (χ1) is 12.8. The number of rotatable bonds is 9. The largest absolute Gasteiger partial charge is 0.481 e. The van der Waals surface area contributed by atoms with Crippen LogP contribution in [-0.4, -0.2) is 26.0 Å². The molecule has 0 radical (unpaired) electrons. The number of allylic oxidation sites excluding steroid dienone is 4. The number of benzene rings is 1. The number of carboxylic acid groups (broad SMARTS) is 1. The average molecular weight is 412 g/mol. The number of hydrogen-bond donors (Lipinski definition) is 2.